The number of carbonyl (C=O) groups excluding carboxylic acids is 2. The summed E-state index contributed by atoms with van der Waals surface area (Å²) in [7, 11) is 0. The lowest BCUT2D eigenvalue weighted by Gasteiger charge is -2.37. The molecule has 2 amide bonds. The van der Waals surface area contributed by atoms with Crippen molar-refractivity contribution in [1.29, 1.82) is 0 Å². The minimum atomic E-state index is -0.0139. The second-order valence-electron chi connectivity index (χ2n) is 4.87. The summed E-state index contributed by atoms with van der Waals surface area (Å²) in [5.41, 5.74) is 0. The number of rotatable bonds is 2. The van der Waals surface area contributed by atoms with Crippen molar-refractivity contribution in [3.63, 3.8) is 0 Å². The molecule has 0 aromatic carbocycles. The summed E-state index contributed by atoms with van der Waals surface area (Å²) in [4.78, 5) is 27.4. The third kappa shape index (κ3) is 2.90. The Labute approximate surface area is 108 Å². The van der Waals surface area contributed by atoms with Crippen LogP contribution in [0, 0.1) is 0 Å². The average molecular weight is 251 g/mol. The van der Waals surface area contributed by atoms with Crippen LogP contribution < -0.4 is 5.32 Å². The van der Waals surface area contributed by atoms with Gasteiger partial charge in [-0.05, 0) is 25.3 Å². The number of carbonyl (C=O) groups is 2. The molecule has 5 heteroatoms. The number of piperazine rings is 1. The van der Waals surface area contributed by atoms with Crippen LogP contribution in [-0.4, -0.2) is 60.4 Å². The molecule has 2 saturated heterocycles. The molecule has 0 aliphatic carbocycles. The molecule has 18 heavy (non-hydrogen) atoms. The summed E-state index contributed by atoms with van der Waals surface area (Å²) in [6.07, 6.45) is 4.45. The first-order valence-corrected chi connectivity index (χ1v) is 6.65. The van der Waals surface area contributed by atoms with E-state index in [1.165, 1.54) is 6.08 Å². The Hall–Kier alpha value is -1.36. The van der Waals surface area contributed by atoms with Gasteiger partial charge in [0, 0.05) is 32.7 Å². The maximum atomic E-state index is 11.9. The van der Waals surface area contributed by atoms with Crippen molar-refractivity contribution in [2.75, 3.05) is 32.7 Å². The topological polar surface area (TPSA) is 52.7 Å². The van der Waals surface area contributed by atoms with E-state index in [4.69, 9.17) is 0 Å². The highest BCUT2D eigenvalue weighted by atomic mass is 16.2. The number of nitrogens with one attached hydrogen (secondary N) is 1. The maximum absolute atomic E-state index is 11.9. The largest absolute Gasteiger partial charge is 0.355 e. The van der Waals surface area contributed by atoms with E-state index in [0.29, 0.717) is 13.1 Å². The Morgan fingerprint density at radius 2 is 2.00 bits per heavy atom. The molecule has 1 atom stereocenters. The highest BCUT2D eigenvalue weighted by molar-refractivity contribution is 5.87. The fourth-order valence-electron chi connectivity index (χ4n) is 2.65. The third-order valence-electron chi connectivity index (χ3n) is 3.75. The van der Waals surface area contributed by atoms with E-state index in [0.717, 1.165) is 38.9 Å². The van der Waals surface area contributed by atoms with Crippen LogP contribution in [0.3, 0.4) is 0 Å². The Morgan fingerprint density at radius 1 is 1.28 bits per heavy atom. The van der Waals surface area contributed by atoms with Gasteiger partial charge in [-0.15, -0.1) is 0 Å². The zero-order chi connectivity index (χ0) is 13.0. The van der Waals surface area contributed by atoms with E-state index >= 15 is 0 Å². The summed E-state index contributed by atoms with van der Waals surface area (Å²) < 4.78 is 0. The second kappa shape index (κ2) is 6.00. The average Bonchev–Trinajstić information content (AvgIpc) is 2.63. The van der Waals surface area contributed by atoms with Gasteiger partial charge in [0.1, 0.15) is 0 Å². The first-order valence-electron chi connectivity index (χ1n) is 6.65. The van der Waals surface area contributed by atoms with Gasteiger partial charge in [0.05, 0.1) is 6.04 Å². The lowest BCUT2D eigenvalue weighted by molar-refractivity contribution is -0.130. The van der Waals surface area contributed by atoms with Gasteiger partial charge in [0.25, 0.3) is 0 Å². The first kappa shape index (κ1) is 13.1. The molecule has 1 N–H and O–H groups in total. The molecule has 100 valence electrons. The molecule has 1 unspecified atom stereocenters. The Bertz CT molecular complexity index is 335. The van der Waals surface area contributed by atoms with Gasteiger partial charge in [-0.25, -0.2) is 0 Å². The molecule has 2 heterocycles. The van der Waals surface area contributed by atoms with Gasteiger partial charge in [-0.2, -0.15) is 0 Å². The molecule has 0 aromatic heterocycles. The van der Waals surface area contributed by atoms with Gasteiger partial charge in [0.2, 0.25) is 11.8 Å². The Kier molecular flexibility index (Phi) is 4.36. The van der Waals surface area contributed by atoms with Crippen LogP contribution >= 0.6 is 0 Å². The van der Waals surface area contributed by atoms with E-state index in [1.54, 1.807) is 4.90 Å². The van der Waals surface area contributed by atoms with Crippen molar-refractivity contribution in [2.24, 2.45) is 0 Å². The maximum Gasteiger partial charge on any atom is 0.246 e. The quantitative estimate of drug-likeness (QED) is 0.702. The zero-order valence-electron chi connectivity index (χ0n) is 10.7. The van der Waals surface area contributed by atoms with Crippen LogP contribution in [-0.2, 0) is 9.59 Å². The summed E-state index contributed by atoms with van der Waals surface area (Å²) in [6.45, 7) is 7.23. The van der Waals surface area contributed by atoms with Gasteiger partial charge in [-0.1, -0.05) is 6.58 Å². The molecule has 0 spiro atoms. The smallest absolute Gasteiger partial charge is 0.246 e. The van der Waals surface area contributed by atoms with E-state index in [1.807, 2.05) is 0 Å². The number of hydrogen-bond acceptors (Lipinski definition) is 3. The molecule has 2 fully saturated rings. The summed E-state index contributed by atoms with van der Waals surface area (Å²) in [5, 5.41) is 2.96. The van der Waals surface area contributed by atoms with Crippen LogP contribution in [0.5, 0.6) is 0 Å². The molecule has 2 aliphatic heterocycles. The fraction of sp³-hybridized carbons (Fsp3) is 0.692. The summed E-state index contributed by atoms with van der Waals surface area (Å²) in [6, 6.07) is -0.00603. The standard InChI is InChI=1S/C13H21N3O2/c1-2-12(17)16-9-7-15(8-10-16)11-5-3-4-6-14-13(11)18/h2,11H,1,3-10H2,(H,14,18). The van der Waals surface area contributed by atoms with Gasteiger partial charge in [-0.3, -0.25) is 14.5 Å². The van der Waals surface area contributed by atoms with Crippen molar-refractivity contribution >= 4 is 11.8 Å². The molecule has 5 nitrogen and oxygen atoms in total. The van der Waals surface area contributed by atoms with Crippen molar-refractivity contribution in [1.82, 2.24) is 15.1 Å². The third-order valence-corrected chi connectivity index (χ3v) is 3.75. The lowest BCUT2D eigenvalue weighted by Crippen LogP contribution is -2.55. The number of hydrogen-bond donors (Lipinski definition) is 1. The molecular weight excluding hydrogens is 230 g/mol. The van der Waals surface area contributed by atoms with Crippen LogP contribution in [0.1, 0.15) is 19.3 Å². The van der Waals surface area contributed by atoms with Crippen molar-refractivity contribution < 1.29 is 9.59 Å². The zero-order valence-corrected chi connectivity index (χ0v) is 10.7. The highest BCUT2D eigenvalue weighted by Gasteiger charge is 2.30. The second-order valence-corrected chi connectivity index (χ2v) is 4.87. The van der Waals surface area contributed by atoms with Gasteiger partial charge >= 0.3 is 0 Å². The summed E-state index contributed by atoms with van der Waals surface area (Å²) in [5.74, 6) is 0.135. The normalized spacial score (nSPS) is 26.3. The van der Waals surface area contributed by atoms with Gasteiger partial charge < -0.3 is 10.2 Å². The number of nitrogens with zero attached hydrogens (tertiary/aromatic N) is 2. The molecule has 2 rings (SSSR count). The van der Waals surface area contributed by atoms with E-state index < -0.39 is 0 Å². The molecule has 0 aromatic rings. The monoisotopic (exact) mass is 251 g/mol. The van der Waals surface area contributed by atoms with Crippen LogP contribution in [0.15, 0.2) is 12.7 Å². The predicted molar refractivity (Wildman–Crippen MR) is 69.0 cm³/mol. The lowest BCUT2D eigenvalue weighted by atomic mass is 10.1. The Morgan fingerprint density at radius 3 is 2.67 bits per heavy atom. The van der Waals surface area contributed by atoms with Crippen molar-refractivity contribution in [3.8, 4) is 0 Å². The fourth-order valence-corrected chi connectivity index (χ4v) is 2.65. The molecule has 0 radical (unpaired) electrons. The van der Waals surface area contributed by atoms with Crippen LogP contribution in [0.25, 0.3) is 0 Å². The molecular formula is C13H21N3O2. The van der Waals surface area contributed by atoms with Crippen molar-refractivity contribution in [2.45, 2.75) is 25.3 Å². The summed E-state index contributed by atoms with van der Waals surface area (Å²) >= 11 is 0. The van der Waals surface area contributed by atoms with Crippen LogP contribution in [0.4, 0.5) is 0 Å². The highest BCUT2D eigenvalue weighted by Crippen LogP contribution is 2.15. The predicted octanol–water partition coefficient (Wildman–Crippen LogP) is -0.0147. The minimum Gasteiger partial charge on any atom is -0.355 e. The van der Waals surface area contributed by atoms with Gasteiger partial charge in [0.15, 0.2) is 0 Å². The van der Waals surface area contributed by atoms with E-state index in [-0.39, 0.29) is 17.9 Å². The molecule has 2 aliphatic rings. The van der Waals surface area contributed by atoms with Crippen LogP contribution in [0.2, 0.25) is 0 Å². The molecule has 0 bridgehead atoms. The SMILES string of the molecule is C=CC(=O)N1CCN(C2CCCCNC2=O)CC1. The Balaban J connectivity index is 1.90. The van der Waals surface area contributed by atoms with Crippen molar-refractivity contribution in [3.05, 3.63) is 12.7 Å². The molecule has 0 saturated carbocycles. The van der Waals surface area contributed by atoms with E-state index in [9.17, 15) is 9.59 Å². The number of amides is 2. The van der Waals surface area contributed by atoms with E-state index in [2.05, 4.69) is 16.8 Å². The minimum absolute atomic E-state index is 0.00603. The first-order chi connectivity index (χ1) is 8.72.